The highest BCUT2D eigenvalue weighted by Crippen LogP contribution is 2.10. The van der Waals surface area contributed by atoms with Crippen LogP contribution in [-0.2, 0) is 0 Å². The lowest BCUT2D eigenvalue weighted by Gasteiger charge is -1.92. The number of hydrogen-bond donors (Lipinski definition) is 4. The van der Waals surface area contributed by atoms with Gasteiger partial charge in [-0.25, -0.2) is 19.8 Å². The van der Waals surface area contributed by atoms with Crippen LogP contribution in [-0.4, -0.2) is 21.5 Å². The molecule has 0 aliphatic carbocycles. The van der Waals surface area contributed by atoms with Gasteiger partial charge in [0.1, 0.15) is 10.7 Å². The first-order valence-corrected chi connectivity index (χ1v) is 3.62. The summed E-state index contributed by atoms with van der Waals surface area (Å²) < 4.78 is 12.3. The fourth-order valence-corrected chi connectivity index (χ4v) is 0.665. The summed E-state index contributed by atoms with van der Waals surface area (Å²) in [6.45, 7) is 0. The number of aliphatic imine (C=N–C) groups is 1. The smallest absolute Gasteiger partial charge is 0.370 e. The van der Waals surface area contributed by atoms with Crippen molar-refractivity contribution in [1.29, 1.82) is 0 Å². The highest BCUT2D eigenvalue weighted by molar-refractivity contribution is 5.78. The summed E-state index contributed by atoms with van der Waals surface area (Å²) >= 11 is 0. The topological polar surface area (TPSA) is 125 Å². The van der Waals surface area contributed by atoms with Gasteiger partial charge in [0.05, 0.1) is 5.69 Å². The maximum Gasteiger partial charge on any atom is 0.472 e. The first-order valence-electron chi connectivity index (χ1n) is 3.62. The van der Waals surface area contributed by atoms with Crippen molar-refractivity contribution in [1.82, 2.24) is 0 Å². The minimum absolute atomic E-state index is 0.0309. The molecule has 0 bridgehead atoms. The van der Waals surface area contributed by atoms with Crippen LogP contribution in [0.3, 0.4) is 0 Å². The standard InChI is InChI=1S/C7H8FN3.H2NO3/c8-5-1-3-6(4-2-5)11-7(9)10;2-1(3)4/h1-4H,(H4,9,10,11);(H2,2,3,4)/q;+1. The molecule has 0 aliphatic heterocycles. The summed E-state index contributed by atoms with van der Waals surface area (Å²) in [5, 5.41) is 12.5. The predicted molar refractivity (Wildman–Crippen MR) is 49.1 cm³/mol. The number of nitrogens with zero attached hydrogens (tertiary/aromatic N) is 2. The third-order valence-corrected chi connectivity index (χ3v) is 1.08. The largest absolute Gasteiger partial charge is 0.472 e. The van der Waals surface area contributed by atoms with Gasteiger partial charge in [-0.15, -0.1) is 0 Å². The molecule has 0 radical (unpaired) electrons. The molecule has 0 aliphatic rings. The highest BCUT2D eigenvalue weighted by Gasteiger charge is 1.89. The van der Waals surface area contributed by atoms with Crippen molar-refractivity contribution in [3.63, 3.8) is 0 Å². The quantitative estimate of drug-likeness (QED) is 0.305. The molecule has 0 saturated heterocycles. The van der Waals surface area contributed by atoms with E-state index in [-0.39, 0.29) is 11.8 Å². The lowest BCUT2D eigenvalue weighted by molar-refractivity contribution is -0.969. The molecule has 6 N–H and O–H groups in total. The predicted octanol–water partition coefficient (Wildman–Crippen LogP) is 0.274. The van der Waals surface area contributed by atoms with Gasteiger partial charge in [0.25, 0.3) is 0 Å². The molecule has 0 heterocycles. The van der Waals surface area contributed by atoms with Gasteiger partial charge >= 0.3 is 5.09 Å². The maximum atomic E-state index is 12.3. The lowest BCUT2D eigenvalue weighted by atomic mass is 10.3. The molecule has 1 aromatic carbocycles. The number of guanidine groups is 1. The Labute approximate surface area is 83.9 Å². The van der Waals surface area contributed by atoms with Crippen molar-refractivity contribution < 1.29 is 19.9 Å². The van der Waals surface area contributed by atoms with Gasteiger partial charge in [-0.3, -0.25) is 0 Å². The maximum absolute atomic E-state index is 12.3. The zero-order chi connectivity index (χ0) is 11.8. The van der Waals surface area contributed by atoms with E-state index in [2.05, 4.69) is 4.99 Å². The summed E-state index contributed by atoms with van der Waals surface area (Å²) in [5.74, 6) is -0.337. The van der Waals surface area contributed by atoms with Crippen LogP contribution in [0.5, 0.6) is 0 Å². The highest BCUT2D eigenvalue weighted by atomic mass is 19.1. The summed E-state index contributed by atoms with van der Waals surface area (Å²) in [7, 11) is 0. The molecule has 82 valence electrons. The normalized spacial score (nSPS) is 8.33. The molecule has 0 saturated carbocycles. The van der Waals surface area contributed by atoms with Crippen LogP contribution in [0.15, 0.2) is 29.3 Å². The first-order chi connectivity index (χ1) is 6.91. The van der Waals surface area contributed by atoms with E-state index in [1.54, 1.807) is 0 Å². The third-order valence-electron chi connectivity index (χ3n) is 1.08. The van der Waals surface area contributed by atoms with E-state index in [4.69, 9.17) is 26.8 Å². The van der Waals surface area contributed by atoms with Crippen molar-refractivity contribution in [2.75, 3.05) is 0 Å². The van der Waals surface area contributed by atoms with Crippen LogP contribution >= 0.6 is 0 Å². The molecule has 0 amide bonds. The van der Waals surface area contributed by atoms with Gasteiger partial charge in [-0.2, -0.15) is 0 Å². The van der Waals surface area contributed by atoms with Gasteiger partial charge in [-0.05, 0) is 24.3 Å². The molecular weight excluding hydrogens is 207 g/mol. The van der Waals surface area contributed by atoms with Gasteiger partial charge < -0.3 is 11.5 Å². The van der Waals surface area contributed by atoms with Gasteiger partial charge in [0.15, 0.2) is 5.96 Å². The molecule has 0 fully saturated rings. The average molecular weight is 217 g/mol. The van der Waals surface area contributed by atoms with Crippen molar-refractivity contribution >= 4 is 11.6 Å². The Morgan fingerprint density at radius 3 is 2.00 bits per heavy atom. The SMILES string of the molecule is NC(N)=Nc1ccc(F)cc1.O=[N+](O)O. The number of rotatable bonds is 1. The molecule has 0 atom stereocenters. The minimum atomic E-state index is -1.25. The Morgan fingerprint density at radius 1 is 1.27 bits per heavy atom. The zero-order valence-electron chi connectivity index (χ0n) is 7.54. The number of benzene rings is 1. The monoisotopic (exact) mass is 217 g/mol. The molecule has 0 unspecified atom stereocenters. The van der Waals surface area contributed by atoms with Crippen LogP contribution in [0.4, 0.5) is 10.1 Å². The number of halogens is 1. The van der Waals surface area contributed by atoms with Crippen molar-refractivity contribution in [3.05, 3.63) is 35.0 Å². The second-order valence-electron chi connectivity index (χ2n) is 2.27. The Morgan fingerprint density at radius 2 is 1.67 bits per heavy atom. The van der Waals surface area contributed by atoms with Gasteiger partial charge in [-0.1, -0.05) is 0 Å². The second-order valence-corrected chi connectivity index (χ2v) is 2.27. The molecule has 7 nitrogen and oxygen atoms in total. The van der Waals surface area contributed by atoms with Crippen LogP contribution in [0, 0.1) is 10.7 Å². The van der Waals surface area contributed by atoms with E-state index < -0.39 is 5.09 Å². The van der Waals surface area contributed by atoms with E-state index in [0.717, 1.165) is 0 Å². The Balaban J connectivity index is 0.000000423. The molecule has 1 aromatic rings. The summed E-state index contributed by atoms with van der Waals surface area (Å²) in [4.78, 5) is 12.2. The van der Waals surface area contributed by atoms with E-state index in [1.165, 1.54) is 24.3 Å². The zero-order valence-corrected chi connectivity index (χ0v) is 7.54. The second kappa shape index (κ2) is 6.13. The third kappa shape index (κ3) is 7.96. The van der Waals surface area contributed by atoms with Crippen molar-refractivity contribution in [3.8, 4) is 0 Å². The molecular formula is C7H10FN4O3+. The molecule has 1 rings (SSSR count). The van der Waals surface area contributed by atoms with E-state index in [9.17, 15) is 4.39 Å². The van der Waals surface area contributed by atoms with Crippen molar-refractivity contribution in [2.45, 2.75) is 0 Å². The van der Waals surface area contributed by atoms with Crippen LogP contribution in [0.25, 0.3) is 0 Å². The Kier molecular flexibility index (Phi) is 5.16. The summed E-state index contributed by atoms with van der Waals surface area (Å²) in [5.41, 5.74) is 10.7. The number of hydrogen-bond acceptors (Lipinski definition) is 2. The summed E-state index contributed by atoms with van der Waals surface area (Å²) in [6.07, 6.45) is 0. The number of nitrogens with two attached hydrogens (primary N) is 2. The fourth-order valence-electron chi connectivity index (χ4n) is 0.665. The Hall–Kier alpha value is -2.38. The lowest BCUT2D eigenvalue weighted by Crippen LogP contribution is -2.21. The van der Waals surface area contributed by atoms with Crippen LogP contribution in [0.2, 0.25) is 0 Å². The van der Waals surface area contributed by atoms with Crippen LogP contribution < -0.4 is 11.5 Å². The van der Waals surface area contributed by atoms with E-state index >= 15 is 0 Å². The van der Waals surface area contributed by atoms with E-state index in [0.29, 0.717) is 5.69 Å². The molecule has 15 heavy (non-hydrogen) atoms. The van der Waals surface area contributed by atoms with Gasteiger partial charge in [0.2, 0.25) is 0 Å². The first kappa shape index (κ1) is 12.6. The summed E-state index contributed by atoms with van der Waals surface area (Å²) in [6, 6.07) is 5.58. The van der Waals surface area contributed by atoms with E-state index in [1.807, 2.05) is 0 Å². The van der Waals surface area contributed by atoms with Gasteiger partial charge in [0, 0.05) is 0 Å². The minimum Gasteiger partial charge on any atom is -0.370 e. The Bertz CT molecular complexity index is 344. The molecule has 0 aromatic heterocycles. The average Bonchev–Trinajstić information content (AvgIpc) is 2.07. The molecule has 8 heteroatoms. The van der Waals surface area contributed by atoms with Crippen LogP contribution in [0.1, 0.15) is 0 Å². The van der Waals surface area contributed by atoms with Crippen molar-refractivity contribution in [2.24, 2.45) is 16.5 Å². The fraction of sp³-hybridized carbons (Fsp3) is 0. The molecule has 0 spiro atoms.